The molecule has 0 N–H and O–H groups in total. The summed E-state index contributed by atoms with van der Waals surface area (Å²) in [4.78, 5) is 26.2. The lowest BCUT2D eigenvalue weighted by Crippen LogP contribution is -2.51. The molecule has 0 spiro atoms. The molecule has 1 saturated heterocycles. The summed E-state index contributed by atoms with van der Waals surface area (Å²) in [6.45, 7) is 17.8. The largest absolute Gasteiger partial charge is 0.491 e. The number of allylic oxidation sites excluding steroid dienone is 1. The average molecular weight is 769 g/mol. The Morgan fingerprint density at radius 1 is 0.821 bits per heavy atom. The van der Waals surface area contributed by atoms with Crippen LogP contribution in [-0.2, 0) is 14.2 Å². The number of carbonyl (C=O) groups is 2. The molecule has 2 aromatic rings. The van der Waals surface area contributed by atoms with E-state index in [1.165, 1.54) is 56.9 Å². The monoisotopic (exact) mass is 768 g/mol. The zero-order chi connectivity index (χ0) is 39.5. The summed E-state index contributed by atoms with van der Waals surface area (Å²) in [6.07, 6.45) is 17.2. The third-order valence-corrected chi connectivity index (χ3v) is 15.4. The highest BCUT2D eigenvalue weighted by molar-refractivity contribution is 5.92. The van der Waals surface area contributed by atoms with Crippen LogP contribution in [0.4, 0.5) is 0 Å². The lowest BCUT2D eigenvalue weighted by Gasteiger charge is -2.58. The summed E-state index contributed by atoms with van der Waals surface area (Å²) in [5.41, 5.74) is 3.26. The van der Waals surface area contributed by atoms with Crippen LogP contribution in [0.1, 0.15) is 139 Å². The maximum Gasteiger partial charge on any atom is 0.343 e. The summed E-state index contributed by atoms with van der Waals surface area (Å²) in [7, 11) is 0. The maximum absolute atomic E-state index is 13.3. The van der Waals surface area contributed by atoms with Crippen LogP contribution in [0.3, 0.4) is 0 Å². The van der Waals surface area contributed by atoms with Gasteiger partial charge in [-0.25, -0.2) is 9.59 Å². The summed E-state index contributed by atoms with van der Waals surface area (Å²) in [6, 6.07) is 13.6. The van der Waals surface area contributed by atoms with Crippen LogP contribution >= 0.6 is 0 Å². The van der Waals surface area contributed by atoms with Gasteiger partial charge in [-0.3, -0.25) is 0 Å². The van der Waals surface area contributed by atoms with Gasteiger partial charge in [-0.05, 0) is 146 Å². The molecule has 4 fully saturated rings. The van der Waals surface area contributed by atoms with Gasteiger partial charge in [0.1, 0.15) is 24.2 Å². The Kier molecular flexibility index (Phi) is 12.7. The van der Waals surface area contributed by atoms with Crippen molar-refractivity contribution in [3.05, 3.63) is 71.3 Å². The van der Waals surface area contributed by atoms with Crippen LogP contribution in [0.25, 0.3) is 0 Å². The van der Waals surface area contributed by atoms with E-state index in [9.17, 15) is 9.59 Å². The number of hydrogen-bond acceptors (Lipinski definition) is 7. The second kappa shape index (κ2) is 17.4. The summed E-state index contributed by atoms with van der Waals surface area (Å²) in [5.74, 6) is 5.12. The molecule has 3 saturated carbocycles. The van der Waals surface area contributed by atoms with E-state index in [0.717, 1.165) is 74.4 Å². The second-order valence-corrected chi connectivity index (χ2v) is 19.2. The van der Waals surface area contributed by atoms with Crippen molar-refractivity contribution in [3.8, 4) is 11.5 Å². The number of carbonyl (C=O) groups excluding carboxylic acids is 2. The molecule has 0 aromatic heterocycles. The highest BCUT2D eigenvalue weighted by atomic mass is 16.5. The van der Waals surface area contributed by atoms with Crippen LogP contribution in [0.2, 0.25) is 0 Å². The van der Waals surface area contributed by atoms with Crippen LogP contribution < -0.4 is 9.47 Å². The predicted octanol–water partition coefficient (Wildman–Crippen LogP) is 11.3. The molecule has 306 valence electrons. The molecular weight excluding hydrogens is 701 g/mol. The number of benzene rings is 2. The van der Waals surface area contributed by atoms with Crippen molar-refractivity contribution in [1.29, 1.82) is 0 Å². The molecule has 0 radical (unpaired) electrons. The fourth-order valence-corrected chi connectivity index (χ4v) is 11.8. The molecule has 7 nitrogen and oxygen atoms in total. The topological polar surface area (TPSA) is 80.3 Å². The van der Waals surface area contributed by atoms with E-state index in [-0.39, 0.29) is 22.9 Å². The second-order valence-electron chi connectivity index (χ2n) is 19.2. The minimum absolute atomic E-state index is 0.109. The number of ether oxygens (including phenoxy) is 5. The van der Waals surface area contributed by atoms with Crippen LogP contribution in [0.5, 0.6) is 11.5 Å². The van der Waals surface area contributed by atoms with Gasteiger partial charge >= 0.3 is 11.9 Å². The molecule has 4 aliphatic carbocycles. The first-order valence-corrected chi connectivity index (χ1v) is 22.0. The molecule has 7 heteroatoms. The Hall–Kier alpha value is -3.16. The Balaban J connectivity index is 0.867. The normalized spacial score (nSPS) is 30.9. The number of hydrogen-bond donors (Lipinski definition) is 0. The molecule has 2 aromatic carbocycles. The van der Waals surface area contributed by atoms with E-state index in [1.807, 2.05) is 0 Å². The van der Waals surface area contributed by atoms with Gasteiger partial charge in [0.2, 0.25) is 0 Å². The molecule has 1 heterocycles. The molecule has 0 amide bonds. The highest BCUT2D eigenvalue weighted by Crippen LogP contribution is 2.67. The molecule has 7 rings (SSSR count). The fourth-order valence-electron chi connectivity index (χ4n) is 11.8. The third-order valence-electron chi connectivity index (χ3n) is 15.4. The van der Waals surface area contributed by atoms with Crippen molar-refractivity contribution < 1.29 is 33.3 Å². The number of rotatable bonds is 16. The number of esters is 2. The molecule has 56 heavy (non-hydrogen) atoms. The van der Waals surface area contributed by atoms with Gasteiger partial charge in [0.05, 0.1) is 37.6 Å². The Labute approximate surface area is 336 Å². The highest BCUT2D eigenvalue weighted by Gasteiger charge is 2.59. The van der Waals surface area contributed by atoms with Crippen molar-refractivity contribution >= 4 is 11.9 Å². The fraction of sp³-hybridized carbons (Fsp3) is 0.673. The molecule has 8 unspecified atom stereocenters. The van der Waals surface area contributed by atoms with Crippen molar-refractivity contribution in [3.63, 3.8) is 0 Å². The molecule has 1 aliphatic heterocycles. The molecule has 0 bridgehead atoms. The Morgan fingerprint density at radius 3 is 2.21 bits per heavy atom. The van der Waals surface area contributed by atoms with Gasteiger partial charge in [-0.1, -0.05) is 72.5 Å². The van der Waals surface area contributed by atoms with E-state index in [0.29, 0.717) is 47.9 Å². The lowest BCUT2D eigenvalue weighted by atomic mass is 9.47. The van der Waals surface area contributed by atoms with E-state index in [4.69, 9.17) is 23.7 Å². The quantitative estimate of drug-likeness (QED) is 0.0728. The summed E-state index contributed by atoms with van der Waals surface area (Å²) < 4.78 is 28.7. The SMILES string of the molecule is CCC1(COCCOc2ccc(C(=O)Oc3ccc(C(=O)OC4CCC5(C)C(=CCC6C5CCC5(C)C(C(C)CCCC(C)C)CCC65)C4)cc3)cc2)COC1. The van der Waals surface area contributed by atoms with Gasteiger partial charge in [0.25, 0.3) is 0 Å². The van der Waals surface area contributed by atoms with Crippen molar-refractivity contribution in [2.24, 2.45) is 51.8 Å². The van der Waals surface area contributed by atoms with Crippen molar-refractivity contribution in [2.75, 3.05) is 33.0 Å². The smallest absolute Gasteiger partial charge is 0.343 e. The molecule has 5 aliphatic rings. The van der Waals surface area contributed by atoms with E-state index >= 15 is 0 Å². The first-order valence-electron chi connectivity index (χ1n) is 22.0. The minimum Gasteiger partial charge on any atom is -0.491 e. The average Bonchev–Trinajstić information content (AvgIpc) is 3.53. The van der Waals surface area contributed by atoms with Crippen LogP contribution in [-0.4, -0.2) is 51.1 Å². The summed E-state index contributed by atoms with van der Waals surface area (Å²) >= 11 is 0. The number of fused-ring (bicyclic) bond motifs is 5. The van der Waals surface area contributed by atoms with E-state index < -0.39 is 5.97 Å². The van der Waals surface area contributed by atoms with Crippen molar-refractivity contribution in [2.45, 2.75) is 125 Å². The van der Waals surface area contributed by atoms with E-state index in [2.05, 4.69) is 47.6 Å². The van der Waals surface area contributed by atoms with E-state index in [1.54, 1.807) is 48.5 Å². The minimum atomic E-state index is -0.474. The maximum atomic E-state index is 13.3. The Morgan fingerprint density at radius 2 is 1.54 bits per heavy atom. The first-order chi connectivity index (χ1) is 26.9. The van der Waals surface area contributed by atoms with Gasteiger partial charge in [-0.15, -0.1) is 0 Å². The molecule has 8 atom stereocenters. The Bertz CT molecular complexity index is 1670. The van der Waals surface area contributed by atoms with Gasteiger partial charge in [0.15, 0.2) is 0 Å². The van der Waals surface area contributed by atoms with Gasteiger partial charge < -0.3 is 23.7 Å². The predicted molar refractivity (Wildman–Crippen MR) is 220 cm³/mol. The van der Waals surface area contributed by atoms with Gasteiger partial charge in [-0.2, -0.15) is 0 Å². The lowest BCUT2D eigenvalue weighted by molar-refractivity contribution is -0.151. The van der Waals surface area contributed by atoms with Crippen LogP contribution in [0.15, 0.2) is 60.2 Å². The summed E-state index contributed by atoms with van der Waals surface area (Å²) in [5, 5.41) is 0. The van der Waals surface area contributed by atoms with Crippen molar-refractivity contribution in [1.82, 2.24) is 0 Å². The van der Waals surface area contributed by atoms with Gasteiger partial charge in [0, 0.05) is 11.8 Å². The third kappa shape index (κ3) is 8.65. The zero-order valence-electron chi connectivity index (χ0n) is 35.1. The zero-order valence-corrected chi connectivity index (χ0v) is 35.1. The standard InChI is InChI=1S/C49H68O7/c1-7-49(31-53-32-49)30-52-27-28-54-38-16-11-35(12-17-38)45(50)55-39-18-13-36(14-19-39)46(51)56-40-23-25-47(5)37(29-40)15-20-41-43-22-21-42(34(4)10-8-9-33(2)3)48(43,6)26-24-44(41)47/h11-19,33-34,40-44H,7-10,20-32H2,1-6H3. The first kappa shape index (κ1) is 41.0. The van der Waals surface area contributed by atoms with Crippen LogP contribution in [0, 0.1) is 51.8 Å². The molecular formula is C49H68O7.